The third-order valence-corrected chi connectivity index (χ3v) is 2.74. The predicted molar refractivity (Wildman–Crippen MR) is 84.9 cm³/mol. The Morgan fingerprint density at radius 2 is 1.90 bits per heavy atom. The standard InChI is InChI=1S/C16H17ClN2O/c1-12(2)20-16-9-8-14(17)10-13(16)11-18-19-15-6-4-3-5-7-15/h3-12,19H,1-2H3. The highest BCUT2D eigenvalue weighted by Crippen LogP contribution is 2.22. The van der Waals surface area contributed by atoms with Crippen molar-refractivity contribution < 1.29 is 4.74 Å². The van der Waals surface area contributed by atoms with E-state index in [4.69, 9.17) is 16.3 Å². The molecule has 0 atom stereocenters. The summed E-state index contributed by atoms with van der Waals surface area (Å²) in [4.78, 5) is 0. The highest BCUT2D eigenvalue weighted by molar-refractivity contribution is 6.30. The van der Waals surface area contributed by atoms with Gasteiger partial charge in [-0.1, -0.05) is 29.8 Å². The van der Waals surface area contributed by atoms with Crippen LogP contribution in [0, 0.1) is 0 Å². The second-order valence-electron chi connectivity index (χ2n) is 4.58. The summed E-state index contributed by atoms with van der Waals surface area (Å²) in [7, 11) is 0. The van der Waals surface area contributed by atoms with Crippen molar-refractivity contribution in [3.05, 3.63) is 59.1 Å². The van der Waals surface area contributed by atoms with Gasteiger partial charge in [0.05, 0.1) is 18.0 Å². The van der Waals surface area contributed by atoms with Gasteiger partial charge in [-0.05, 0) is 44.2 Å². The molecule has 0 fully saturated rings. The van der Waals surface area contributed by atoms with Gasteiger partial charge in [-0.25, -0.2) is 0 Å². The molecule has 0 aliphatic heterocycles. The smallest absolute Gasteiger partial charge is 0.128 e. The van der Waals surface area contributed by atoms with E-state index >= 15 is 0 Å². The first-order valence-corrected chi connectivity index (χ1v) is 6.83. The lowest BCUT2D eigenvalue weighted by molar-refractivity contribution is 0.242. The molecule has 0 amide bonds. The van der Waals surface area contributed by atoms with E-state index in [2.05, 4.69) is 10.5 Å². The monoisotopic (exact) mass is 288 g/mol. The number of anilines is 1. The number of ether oxygens (including phenoxy) is 1. The van der Waals surface area contributed by atoms with Crippen molar-refractivity contribution in [2.45, 2.75) is 20.0 Å². The summed E-state index contributed by atoms with van der Waals surface area (Å²) in [6, 6.07) is 15.2. The Labute approximate surface area is 124 Å². The predicted octanol–water partition coefficient (Wildman–Crippen LogP) is 4.57. The minimum absolute atomic E-state index is 0.102. The van der Waals surface area contributed by atoms with Crippen LogP contribution in [0.2, 0.25) is 5.02 Å². The molecule has 0 bridgehead atoms. The molecule has 3 nitrogen and oxygen atoms in total. The number of hydrazone groups is 1. The van der Waals surface area contributed by atoms with Crippen LogP contribution >= 0.6 is 11.6 Å². The molecule has 0 aromatic heterocycles. The van der Waals surface area contributed by atoms with Gasteiger partial charge in [0.2, 0.25) is 0 Å². The maximum Gasteiger partial charge on any atom is 0.128 e. The SMILES string of the molecule is CC(C)Oc1ccc(Cl)cc1C=NNc1ccccc1. The van der Waals surface area contributed by atoms with Gasteiger partial charge in [0.25, 0.3) is 0 Å². The summed E-state index contributed by atoms with van der Waals surface area (Å²) >= 11 is 6.01. The molecule has 1 N–H and O–H groups in total. The number of nitrogens with one attached hydrogen (secondary N) is 1. The lowest BCUT2D eigenvalue weighted by Crippen LogP contribution is -2.07. The molecule has 0 heterocycles. The van der Waals surface area contributed by atoms with E-state index in [0.29, 0.717) is 5.02 Å². The molecule has 4 heteroatoms. The fourth-order valence-corrected chi connectivity index (χ4v) is 1.85. The fourth-order valence-electron chi connectivity index (χ4n) is 1.67. The molecule has 0 radical (unpaired) electrons. The van der Waals surface area contributed by atoms with Crippen LogP contribution in [-0.4, -0.2) is 12.3 Å². The van der Waals surface area contributed by atoms with Crippen molar-refractivity contribution in [1.82, 2.24) is 0 Å². The number of nitrogens with zero attached hydrogens (tertiary/aromatic N) is 1. The zero-order valence-corrected chi connectivity index (χ0v) is 12.3. The normalized spacial score (nSPS) is 11.0. The van der Waals surface area contributed by atoms with Gasteiger partial charge in [-0.15, -0.1) is 0 Å². The molecular weight excluding hydrogens is 272 g/mol. The molecule has 0 unspecified atom stereocenters. The van der Waals surface area contributed by atoms with Gasteiger partial charge >= 0.3 is 0 Å². The lowest BCUT2D eigenvalue weighted by atomic mass is 10.2. The first kappa shape index (κ1) is 14.4. The third-order valence-electron chi connectivity index (χ3n) is 2.51. The number of benzene rings is 2. The number of para-hydroxylation sites is 1. The molecule has 20 heavy (non-hydrogen) atoms. The van der Waals surface area contributed by atoms with E-state index in [9.17, 15) is 0 Å². The number of hydrogen-bond donors (Lipinski definition) is 1. The Balaban J connectivity index is 2.13. The highest BCUT2D eigenvalue weighted by atomic mass is 35.5. The molecule has 0 aliphatic rings. The van der Waals surface area contributed by atoms with E-state index in [0.717, 1.165) is 17.0 Å². The second kappa shape index (κ2) is 6.96. The largest absolute Gasteiger partial charge is 0.490 e. The Bertz CT molecular complexity index is 582. The zero-order valence-electron chi connectivity index (χ0n) is 11.5. The summed E-state index contributed by atoms with van der Waals surface area (Å²) in [5.41, 5.74) is 4.73. The van der Waals surface area contributed by atoms with Crippen LogP contribution in [0.4, 0.5) is 5.69 Å². The number of hydrogen-bond acceptors (Lipinski definition) is 3. The van der Waals surface area contributed by atoms with Crippen LogP contribution in [0.3, 0.4) is 0 Å². The van der Waals surface area contributed by atoms with Gasteiger partial charge in [0.1, 0.15) is 5.75 Å². The van der Waals surface area contributed by atoms with Crippen LogP contribution in [0.1, 0.15) is 19.4 Å². The van der Waals surface area contributed by atoms with Crippen LogP contribution < -0.4 is 10.2 Å². The van der Waals surface area contributed by atoms with Crippen LogP contribution in [0.5, 0.6) is 5.75 Å². The molecule has 0 aliphatic carbocycles. The molecule has 2 aromatic rings. The van der Waals surface area contributed by atoms with E-state index in [1.165, 1.54) is 0 Å². The Morgan fingerprint density at radius 1 is 1.15 bits per heavy atom. The lowest BCUT2D eigenvalue weighted by Gasteiger charge is -2.12. The van der Waals surface area contributed by atoms with Crippen LogP contribution in [-0.2, 0) is 0 Å². The van der Waals surface area contributed by atoms with Crippen LogP contribution in [0.15, 0.2) is 53.6 Å². The summed E-state index contributed by atoms with van der Waals surface area (Å²) in [5.74, 6) is 0.767. The van der Waals surface area contributed by atoms with Gasteiger partial charge in [0, 0.05) is 10.6 Å². The Morgan fingerprint density at radius 3 is 2.60 bits per heavy atom. The maximum atomic E-state index is 6.01. The maximum absolute atomic E-state index is 6.01. The van der Waals surface area contributed by atoms with E-state index in [1.807, 2.05) is 56.3 Å². The summed E-state index contributed by atoms with van der Waals surface area (Å²) < 4.78 is 5.73. The Kier molecular flexibility index (Phi) is 5.02. The summed E-state index contributed by atoms with van der Waals surface area (Å²) in [5, 5.41) is 4.86. The van der Waals surface area contributed by atoms with E-state index in [-0.39, 0.29) is 6.10 Å². The average Bonchev–Trinajstić information content (AvgIpc) is 2.42. The molecule has 104 valence electrons. The van der Waals surface area contributed by atoms with Crippen LogP contribution in [0.25, 0.3) is 0 Å². The molecule has 2 aromatic carbocycles. The van der Waals surface area contributed by atoms with Crippen molar-refractivity contribution in [3.8, 4) is 5.75 Å². The fraction of sp³-hybridized carbons (Fsp3) is 0.188. The highest BCUT2D eigenvalue weighted by Gasteiger charge is 2.04. The quantitative estimate of drug-likeness (QED) is 0.646. The van der Waals surface area contributed by atoms with Crippen molar-refractivity contribution in [1.29, 1.82) is 0 Å². The molecule has 0 saturated carbocycles. The first-order valence-electron chi connectivity index (χ1n) is 6.45. The van der Waals surface area contributed by atoms with Gasteiger partial charge in [-0.3, -0.25) is 5.43 Å². The molecular formula is C16H17ClN2O. The first-order chi connectivity index (χ1) is 9.65. The molecule has 2 rings (SSSR count). The number of halogens is 1. The minimum atomic E-state index is 0.102. The zero-order chi connectivity index (χ0) is 14.4. The topological polar surface area (TPSA) is 33.6 Å². The van der Waals surface area contributed by atoms with Gasteiger partial charge in [-0.2, -0.15) is 5.10 Å². The van der Waals surface area contributed by atoms with Crippen molar-refractivity contribution >= 4 is 23.5 Å². The summed E-state index contributed by atoms with van der Waals surface area (Å²) in [6.45, 7) is 3.97. The molecule has 0 spiro atoms. The number of rotatable bonds is 5. The van der Waals surface area contributed by atoms with Crippen molar-refractivity contribution in [2.75, 3.05) is 5.43 Å². The van der Waals surface area contributed by atoms with Gasteiger partial charge in [0.15, 0.2) is 0 Å². The summed E-state index contributed by atoms with van der Waals surface area (Å²) in [6.07, 6.45) is 1.81. The second-order valence-corrected chi connectivity index (χ2v) is 5.02. The Hall–Kier alpha value is -2.00. The van der Waals surface area contributed by atoms with E-state index in [1.54, 1.807) is 12.3 Å². The minimum Gasteiger partial charge on any atom is -0.490 e. The van der Waals surface area contributed by atoms with Crippen molar-refractivity contribution in [3.63, 3.8) is 0 Å². The van der Waals surface area contributed by atoms with E-state index < -0.39 is 0 Å². The third kappa shape index (κ3) is 4.28. The average molecular weight is 289 g/mol. The van der Waals surface area contributed by atoms with Crippen molar-refractivity contribution in [2.24, 2.45) is 5.10 Å². The molecule has 0 saturated heterocycles. The van der Waals surface area contributed by atoms with Gasteiger partial charge < -0.3 is 4.74 Å².